The smallest absolute Gasteiger partial charge is 0.246 e. The van der Waals surface area contributed by atoms with Crippen LogP contribution >= 0.6 is 11.3 Å². The molecule has 1 fully saturated rings. The molecule has 1 amide bonds. The fourth-order valence-electron chi connectivity index (χ4n) is 4.17. The second-order valence-electron chi connectivity index (χ2n) is 7.71. The molecular weight excluding hydrogens is 427 g/mol. The van der Waals surface area contributed by atoms with Gasteiger partial charge in [-0.05, 0) is 48.7 Å². The number of nitrogens with zero attached hydrogens (tertiary/aromatic N) is 5. The number of halogens is 1. The van der Waals surface area contributed by atoms with Crippen molar-refractivity contribution in [3.63, 3.8) is 0 Å². The van der Waals surface area contributed by atoms with Crippen LogP contribution in [-0.4, -0.2) is 43.6 Å². The molecule has 4 heterocycles. The summed E-state index contributed by atoms with van der Waals surface area (Å²) in [5.74, 6) is -0.00829. The second-order valence-corrected chi connectivity index (χ2v) is 8.79. The summed E-state index contributed by atoms with van der Waals surface area (Å²) >= 11 is 1.51. The topological polar surface area (TPSA) is 89.9 Å². The van der Waals surface area contributed by atoms with Crippen LogP contribution in [0, 0.1) is 5.82 Å². The highest BCUT2D eigenvalue weighted by molar-refractivity contribution is 7.18. The monoisotopic (exact) mass is 448 g/mol. The fourth-order valence-corrected chi connectivity index (χ4v) is 5.16. The van der Waals surface area contributed by atoms with E-state index in [0.717, 1.165) is 28.2 Å². The van der Waals surface area contributed by atoms with Crippen molar-refractivity contribution in [3.05, 3.63) is 61.2 Å². The molecule has 1 aliphatic heterocycles. The number of hydrogen-bond acceptors (Lipinski definition) is 6. The number of thiophene rings is 1. The van der Waals surface area contributed by atoms with Crippen LogP contribution in [0.2, 0.25) is 0 Å². The number of rotatable bonds is 4. The number of nitrogen functional groups attached to an aromatic ring is 1. The van der Waals surface area contributed by atoms with Gasteiger partial charge in [0.2, 0.25) is 5.91 Å². The van der Waals surface area contributed by atoms with Gasteiger partial charge in [0.05, 0.1) is 16.3 Å². The van der Waals surface area contributed by atoms with Crippen LogP contribution in [0.4, 0.5) is 10.2 Å². The number of anilines is 1. The van der Waals surface area contributed by atoms with Gasteiger partial charge in [-0.15, -0.1) is 11.3 Å². The van der Waals surface area contributed by atoms with E-state index in [2.05, 4.69) is 16.5 Å². The fraction of sp³-hybridized carbons (Fsp3) is 0.217. The first-order valence-electron chi connectivity index (χ1n) is 10.3. The van der Waals surface area contributed by atoms with Gasteiger partial charge in [0, 0.05) is 18.0 Å². The number of piperidine rings is 1. The largest absolute Gasteiger partial charge is 0.383 e. The van der Waals surface area contributed by atoms with Crippen molar-refractivity contribution in [3.8, 4) is 21.0 Å². The van der Waals surface area contributed by atoms with Gasteiger partial charge < -0.3 is 10.6 Å². The summed E-state index contributed by atoms with van der Waals surface area (Å²) in [4.78, 5) is 24.4. The van der Waals surface area contributed by atoms with Gasteiger partial charge in [-0.25, -0.2) is 19.0 Å². The standard InChI is InChI=1S/C23H21FN6OS/c1-2-19(31)29-10-4-7-16(12-29)30-23-20(22(25)26-13-27-23)21(28-30)18-9-8-17(32-18)14-5-3-6-15(24)11-14/h2-3,5-6,8-9,11,13,16H,1,4,7,10,12H2,(H2,25,26,27)/t16-/m1/s1. The van der Waals surface area contributed by atoms with Crippen LogP contribution in [0.5, 0.6) is 0 Å². The van der Waals surface area contributed by atoms with Crippen molar-refractivity contribution in [1.82, 2.24) is 24.6 Å². The molecular formula is C23H21FN6OS. The highest BCUT2D eigenvalue weighted by atomic mass is 32.1. The Bertz CT molecular complexity index is 1330. The summed E-state index contributed by atoms with van der Waals surface area (Å²) in [6.45, 7) is 4.83. The first kappa shape index (κ1) is 20.3. The predicted octanol–water partition coefficient (Wildman–Crippen LogP) is 4.29. The van der Waals surface area contributed by atoms with E-state index in [1.54, 1.807) is 11.0 Å². The number of nitrogens with two attached hydrogens (primary N) is 1. The third kappa shape index (κ3) is 3.54. The van der Waals surface area contributed by atoms with Crippen molar-refractivity contribution >= 4 is 34.1 Å². The Morgan fingerprint density at radius 2 is 2.09 bits per heavy atom. The number of likely N-dealkylation sites (tertiary alicyclic amines) is 1. The number of hydrogen-bond donors (Lipinski definition) is 1. The van der Waals surface area contributed by atoms with Crippen LogP contribution in [0.1, 0.15) is 18.9 Å². The van der Waals surface area contributed by atoms with Crippen molar-refractivity contribution in [1.29, 1.82) is 0 Å². The molecule has 0 bridgehead atoms. The molecule has 1 aliphatic rings. The van der Waals surface area contributed by atoms with Gasteiger partial charge in [-0.2, -0.15) is 5.10 Å². The number of fused-ring (bicyclic) bond motifs is 1. The molecule has 0 aliphatic carbocycles. The molecule has 1 atom stereocenters. The van der Waals surface area contributed by atoms with Crippen LogP contribution in [0.15, 0.2) is 55.4 Å². The van der Waals surface area contributed by atoms with E-state index in [9.17, 15) is 9.18 Å². The number of benzene rings is 1. The molecule has 4 aromatic rings. The third-order valence-corrected chi connectivity index (χ3v) is 6.84. The average molecular weight is 449 g/mol. The molecule has 162 valence electrons. The van der Waals surface area contributed by atoms with E-state index in [0.29, 0.717) is 35.6 Å². The summed E-state index contributed by atoms with van der Waals surface area (Å²) in [6.07, 6.45) is 4.51. The Morgan fingerprint density at radius 1 is 1.25 bits per heavy atom. The van der Waals surface area contributed by atoms with E-state index >= 15 is 0 Å². The lowest BCUT2D eigenvalue weighted by Crippen LogP contribution is -2.40. The summed E-state index contributed by atoms with van der Waals surface area (Å²) < 4.78 is 15.6. The third-order valence-electron chi connectivity index (χ3n) is 5.70. The maximum Gasteiger partial charge on any atom is 0.246 e. The summed E-state index contributed by atoms with van der Waals surface area (Å²) in [6, 6.07) is 10.4. The quantitative estimate of drug-likeness (QED) is 0.470. The molecule has 3 aromatic heterocycles. The molecule has 7 nitrogen and oxygen atoms in total. The number of aromatic nitrogens is 4. The Labute approximate surface area is 188 Å². The lowest BCUT2D eigenvalue weighted by atomic mass is 10.1. The van der Waals surface area contributed by atoms with Gasteiger partial charge >= 0.3 is 0 Å². The van der Waals surface area contributed by atoms with E-state index in [1.807, 2.05) is 22.9 Å². The highest BCUT2D eigenvalue weighted by Gasteiger charge is 2.28. The lowest BCUT2D eigenvalue weighted by Gasteiger charge is -2.32. The number of carbonyl (C=O) groups is 1. The van der Waals surface area contributed by atoms with E-state index in [1.165, 1.54) is 35.9 Å². The zero-order valence-electron chi connectivity index (χ0n) is 17.2. The summed E-state index contributed by atoms with van der Waals surface area (Å²) in [7, 11) is 0. The average Bonchev–Trinajstić information content (AvgIpc) is 3.44. The van der Waals surface area contributed by atoms with Gasteiger partial charge in [-0.1, -0.05) is 18.7 Å². The minimum Gasteiger partial charge on any atom is -0.383 e. The van der Waals surface area contributed by atoms with E-state index in [-0.39, 0.29) is 17.8 Å². The van der Waals surface area contributed by atoms with Gasteiger partial charge in [0.1, 0.15) is 23.7 Å². The van der Waals surface area contributed by atoms with Crippen molar-refractivity contribution in [2.75, 3.05) is 18.8 Å². The number of amides is 1. The minimum absolute atomic E-state index is 0.0270. The molecule has 5 rings (SSSR count). The summed E-state index contributed by atoms with van der Waals surface area (Å²) in [5.41, 5.74) is 8.39. The second kappa shape index (κ2) is 8.16. The molecule has 1 saturated heterocycles. The Balaban J connectivity index is 1.58. The molecule has 0 radical (unpaired) electrons. The molecule has 9 heteroatoms. The normalized spacial score (nSPS) is 16.4. The molecule has 0 saturated carbocycles. The zero-order chi connectivity index (χ0) is 22.2. The van der Waals surface area contributed by atoms with Crippen LogP contribution in [0.3, 0.4) is 0 Å². The first-order valence-corrected chi connectivity index (χ1v) is 11.1. The maximum atomic E-state index is 13.7. The first-order chi connectivity index (χ1) is 15.5. The highest BCUT2D eigenvalue weighted by Crippen LogP contribution is 2.39. The van der Waals surface area contributed by atoms with Crippen molar-refractivity contribution in [2.45, 2.75) is 18.9 Å². The van der Waals surface area contributed by atoms with Crippen molar-refractivity contribution < 1.29 is 9.18 Å². The Morgan fingerprint density at radius 3 is 2.91 bits per heavy atom. The molecule has 0 spiro atoms. The number of carbonyl (C=O) groups excluding carboxylic acids is 1. The van der Waals surface area contributed by atoms with Crippen LogP contribution in [0.25, 0.3) is 32.0 Å². The Hall–Kier alpha value is -3.59. The SMILES string of the molecule is C=CC(=O)N1CCC[C@@H](n2nc(-c3ccc(-c4cccc(F)c4)s3)c3c(N)ncnc32)C1. The molecule has 1 aromatic carbocycles. The van der Waals surface area contributed by atoms with E-state index in [4.69, 9.17) is 10.8 Å². The van der Waals surface area contributed by atoms with Gasteiger partial charge in [-0.3, -0.25) is 4.79 Å². The summed E-state index contributed by atoms with van der Waals surface area (Å²) in [5, 5.41) is 5.58. The van der Waals surface area contributed by atoms with Crippen LogP contribution in [-0.2, 0) is 4.79 Å². The molecule has 2 N–H and O–H groups in total. The zero-order valence-corrected chi connectivity index (χ0v) is 18.1. The lowest BCUT2D eigenvalue weighted by molar-refractivity contribution is -0.127. The van der Waals surface area contributed by atoms with Gasteiger partial charge in [0.25, 0.3) is 0 Å². The minimum atomic E-state index is -0.277. The molecule has 0 unspecified atom stereocenters. The Kier molecular flexibility index (Phi) is 5.18. The van der Waals surface area contributed by atoms with Crippen molar-refractivity contribution in [2.24, 2.45) is 0 Å². The molecule has 32 heavy (non-hydrogen) atoms. The van der Waals surface area contributed by atoms with Crippen LogP contribution < -0.4 is 5.73 Å². The maximum absolute atomic E-state index is 13.7. The van der Waals surface area contributed by atoms with Gasteiger partial charge in [0.15, 0.2) is 5.65 Å². The van der Waals surface area contributed by atoms with E-state index < -0.39 is 0 Å². The predicted molar refractivity (Wildman–Crippen MR) is 123 cm³/mol.